The molecule has 0 saturated heterocycles. The molecule has 3 N–H and O–H groups in total. The Morgan fingerprint density at radius 3 is 2.78 bits per heavy atom. The van der Waals surface area contributed by atoms with E-state index in [2.05, 4.69) is 20.0 Å². The Kier molecular flexibility index (Phi) is 3.31. The minimum absolute atomic E-state index is 0.191. The van der Waals surface area contributed by atoms with Crippen LogP contribution in [0.5, 0.6) is 0 Å². The first kappa shape index (κ1) is 12.2. The predicted molar refractivity (Wildman–Crippen MR) is 64.1 cm³/mol. The van der Waals surface area contributed by atoms with E-state index in [1.807, 2.05) is 0 Å². The minimum Gasteiger partial charge on any atom is -0.466 e. The van der Waals surface area contributed by atoms with Crippen LogP contribution in [0.4, 0.5) is 5.69 Å². The molecule has 1 aliphatic rings. The Morgan fingerprint density at radius 2 is 2.22 bits per heavy atom. The second kappa shape index (κ2) is 4.91. The molecule has 0 amide bonds. The largest absolute Gasteiger partial charge is 0.466 e. The zero-order chi connectivity index (χ0) is 13.1. The number of H-pyrrole nitrogens is 2. The summed E-state index contributed by atoms with van der Waals surface area (Å²) in [4.78, 5) is 38.0. The van der Waals surface area contributed by atoms with E-state index in [-0.39, 0.29) is 11.6 Å². The standard InChI is InChI=1S/C11H13N3O4/c1-18-9(15)4-7(6-2-3-6)13-8-5-12-11(17)14-10(8)16/h4-6,13H,2-3H2,1H3,(H2,12,14,16,17). The number of anilines is 1. The van der Waals surface area contributed by atoms with Crippen molar-refractivity contribution in [1.29, 1.82) is 0 Å². The monoisotopic (exact) mass is 251 g/mol. The molecule has 0 spiro atoms. The van der Waals surface area contributed by atoms with Gasteiger partial charge >= 0.3 is 11.7 Å². The summed E-state index contributed by atoms with van der Waals surface area (Å²) in [6, 6.07) is 0. The van der Waals surface area contributed by atoms with Crippen LogP contribution in [0.25, 0.3) is 0 Å². The molecule has 1 saturated carbocycles. The summed E-state index contributed by atoms with van der Waals surface area (Å²) >= 11 is 0. The van der Waals surface area contributed by atoms with Gasteiger partial charge in [-0.05, 0) is 18.8 Å². The quantitative estimate of drug-likeness (QED) is 0.514. The van der Waals surface area contributed by atoms with Gasteiger partial charge < -0.3 is 15.0 Å². The average molecular weight is 251 g/mol. The molecule has 1 aromatic heterocycles. The number of aromatic nitrogens is 2. The molecule has 7 heteroatoms. The van der Waals surface area contributed by atoms with Gasteiger partial charge in [0.2, 0.25) is 0 Å². The van der Waals surface area contributed by atoms with E-state index in [9.17, 15) is 14.4 Å². The molecule has 2 rings (SSSR count). The third-order valence-corrected chi connectivity index (χ3v) is 2.59. The predicted octanol–water partition coefficient (Wildman–Crippen LogP) is -0.0580. The highest BCUT2D eigenvalue weighted by molar-refractivity contribution is 5.83. The van der Waals surface area contributed by atoms with Gasteiger partial charge in [0.15, 0.2) is 0 Å². The molecule has 0 aliphatic heterocycles. The maximum Gasteiger partial charge on any atom is 0.332 e. The summed E-state index contributed by atoms with van der Waals surface area (Å²) in [5.41, 5.74) is -0.290. The highest BCUT2D eigenvalue weighted by Crippen LogP contribution is 2.36. The van der Waals surface area contributed by atoms with Crippen molar-refractivity contribution in [3.63, 3.8) is 0 Å². The number of ether oxygens (including phenoxy) is 1. The summed E-state index contributed by atoms with van der Waals surface area (Å²) in [6.45, 7) is 0. The van der Waals surface area contributed by atoms with E-state index in [0.717, 1.165) is 12.8 Å². The third kappa shape index (κ3) is 2.88. The van der Waals surface area contributed by atoms with E-state index in [1.54, 1.807) is 0 Å². The van der Waals surface area contributed by atoms with Gasteiger partial charge in [-0.25, -0.2) is 9.59 Å². The molecule has 0 unspecified atom stereocenters. The number of nitrogens with one attached hydrogen (secondary N) is 3. The number of hydrogen-bond donors (Lipinski definition) is 3. The zero-order valence-electron chi connectivity index (χ0n) is 9.78. The third-order valence-electron chi connectivity index (χ3n) is 2.59. The van der Waals surface area contributed by atoms with Crippen molar-refractivity contribution in [3.05, 3.63) is 38.8 Å². The van der Waals surface area contributed by atoms with Crippen LogP contribution < -0.4 is 16.6 Å². The number of esters is 1. The smallest absolute Gasteiger partial charge is 0.332 e. The lowest BCUT2D eigenvalue weighted by Gasteiger charge is -2.08. The molecule has 0 bridgehead atoms. The highest BCUT2D eigenvalue weighted by atomic mass is 16.5. The van der Waals surface area contributed by atoms with Gasteiger partial charge in [-0.2, -0.15) is 0 Å². The molecular weight excluding hydrogens is 238 g/mol. The zero-order valence-corrected chi connectivity index (χ0v) is 9.78. The molecule has 0 atom stereocenters. The van der Waals surface area contributed by atoms with Gasteiger partial charge in [0.25, 0.3) is 5.56 Å². The lowest BCUT2D eigenvalue weighted by Crippen LogP contribution is -2.24. The van der Waals surface area contributed by atoms with E-state index >= 15 is 0 Å². The SMILES string of the molecule is COC(=O)C=C(Nc1c[nH]c(=O)[nH]c1=O)C1CC1. The number of aromatic amines is 2. The molecule has 0 aromatic carbocycles. The molecule has 18 heavy (non-hydrogen) atoms. The van der Waals surface area contributed by atoms with Crippen molar-refractivity contribution in [1.82, 2.24) is 9.97 Å². The van der Waals surface area contributed by atoms with Gasteiger partial charge in [0.1, 0.15) is 5.69 Å². The molecule has 96 valence electrons. The Labute approximate surface area is 102 Å². The Bertz CT molecular complexity index is 595. The van der Waals surface area contributed by atoms with Crippen molar-refractivity contribution < 1.29 is 9.53 Å². The number of methoxy groups -OCH3 is 1. The van der Waals surface area contributed by atoms with E-state index in [4.69, 9.17) is 0 Å². The molecule has 0 radical (unpaired) electrons. The molecule has 1 fully saturated rings. The van der Waals surface area contributed by atoms with Crippen molar-refractivity contribution in [2.24, 2.45) is 5.92 Å². The lowest BCUT2D eigenvalue weighted by molar-refractivity contribution is -0.134. The van der Waals surface area contributed by atoms with Crippen molar-refractivity contribution in [2.45, 2.75) is 12.8 Å². The average Bonchev–Trinajstić information content (AvgIpc) is 3.15. The van der Waals surface area contributed by atoms with Gasteiger partial charge in [-0.1, -0.05) is 0 Å². The highest BCUT2D eigenvalue weighted by Gasteiger charge is 2.27. The van der Waals surface area contributed by atoms with Crippen LogP contribution in [0, 0.1) is 5.92 Å². The summed E-state index contributed by atoms with van der Waals surface area (Å²) < 4.78 is 4.55. The lowest BCUT2D eigenvalue weighted by atomic mass is 10.2. The number of carbonyl (C=O) groups is 1. The van der Waals surface area contributed by atoms with Gasteiger partial charge in [0.05, 0.1) is 7.11 Å². The summed E-state index contributed by atoms with van der Waals surface area (Å²) in [6.07, 6.45) is 4.51. The first-order valence-electron chi connectivity index (χ1n) is 5.48. The summed E-state index contributed by atoms with van der Waals surface area (Å²) in [5, 5.41) is 2.85. The molecular formula is C11H13N3O4. The fraction of sp³-hybridized carbons (Fsp3) is 0.364. The number of allylic oxidation sites excluding steroid dienone is 1. The fourth-order valence-electron chi connectivity index (χ4n) is 1.49. The number of hydrogen-bond acceptors (Lipinski definition) is 5. The molecule has 1 heterocycles. The van der Waals surface area contributed by atoms with Gasteiger partial charge in [-0.3, -0.25) is 9.78 Å². The first-order chi connectivity index (χ1) is 8.60. The van der Waals surface area contributed by atoms with Crippen molar-refractivity contribution >= 4 is 11.7 Å². The van der Waals surface area contributed by atoms with E-state index < -0.39 is 17.2 Å². The maximum atomic E-state index is 11.5. The second-order valence-electron chi connectivity index (χ2n) is 4.01. The van der Waals surface area contributed by atoms with Crippen LogP contribution in [0.1, 0.15) is 12.8 Å². The molecule has 1 aliphatic carbocycles. The van der Waals surface area contributed by atoms with E-state index in [1.165, 1.54) is 19.4 Å². The van der Waals surface area contributed by atoms with Gasteiger partial charge in [-0.15, -0.1) is 0 Å². The van der Waals surface area contributed by atoms with Crippen molar-refractivity contribution in [2.75, 3.05) is 12.4 Å². The molecule has 7 nitrogen and oxygen atoms in total. The second-order valence-corrected chi connectivity index (χ2v) is 4.01. The number of rotatable bonds is 4. The number of carbonyl (C=O) groups excluding carboxylic acids is 1. The van der Waals surface area contributed by atoms with Crippen LogP contribution in [0.15, 0.2) is 27.6 Å². The minimum atomic E-state index is -0.574. The summed E-state index contributed by atoms with van der Waals surface area (Å²) in [5.74, 6) is -0.249. The van der Waals surface area contributed by atoms with E-state index in [0.29, 0.717) is 5.70 Å². The molecule has 1 aromatic rings. The van der Waals surface area contributed by atoms with Crippen LogP contribution in [-0.4, -0.2) is 23.0 Å². The first-order valence-corrected chi connectivity index (χ1v) is 5.48. The Balaban J connectivity index is 2.24. The summed E-state index contributed by atoms with van der Waals surface area (Å²) in [7, 11) is 1.29. The van der Waals surface area contributed by atoms with Crippen molar-refractivity contribution in [3.8, 4) is 0 Å². The Hall–Kier alpha value is -2.31. The van der Waals surface area contributed by atoms with Gasteiger partial charge in [0, 0.05) is 18.0 Å². The fourth-order valence-corrected chi connectivity index (χ4v) is 1.49. The normalized spacial score (nSPS) is 15.3. The van der Waals surface area contributed by atoms with Crippen LogP contribution in [-0.2, 0) is 9.53 Å². The maximum absolute atomic E-state index is 11.5. The Morgan fingerprint density at radius 1 is 1.50 bits per heavy atom. The topological polar surface area (TPSA) is 104 Å². The van der Waals surface area contributed by atoms with Crippen LogP contribution in [0.3, 0.4) is 0 Å². The van der Waals surface area contributed by atoms with Crippen LogP contribution >= 0.6 is 0 Å². The van der Waals surface area contributed by atoms with Crippen LogP contribution in [0.2, 0.25) is 0 Å².